The van der Waals surface area contributed by atoms with Gasteiger partial charge in [-0.3, -0.25) is 9.69 Å². The van der Waals surface area contributed by atoms with E-state index in [1.165, 1.54) is 21.3 Å². The maximum atomic E-state index is 12.8. The number of hydrogen-bond donors (Lipinski definition) is 1. The van der Waals surface area contributed by atoms with Crippen LogP contribution in [0.2, 0.25) is 0 Å². The van der Waals surface area contributed by atoms with Gasteiger partial charge in [-0.15, -0.1) is 16.9 Å². The number of carbonyl (C=O) groups excluding carboxylic acids is 2. The maximum absolute atomic E-state index is 12.8. The first-order valence-corrected chi connectivity index (χ1v) is 10.9. The molecule has 4 heterocycles. The Morgan fingerprint density at radius 1 is 1.52 bits per heavy atom. The highest BCUT2D eigenvalue weighted by atomic mass is 32.2. The number of fused-ring (bicyclic) bond motifs is 1. The van der Waals surface area contributed by atoms with Crippen LogP contribution in [0.5, 0.6) is 0 Å². The molecule has 1 saturated heterocycles. The summed E-state index contributed by atoms with van der Waals surface area (Å²) in [6, 6.07) is 1.43. The molecule has 1 amide bonds. The topological polar surface area (TPSA) is 120 Å². The molecule has 1 fully saturated rings. The van der Waals surface area contributed by atoms with Crippen molar-refractivity contribution in [2.45, 2.75) is 23.5 Å². The van der Waals surface area contributed by atoms with Crippen molar-refractivity contribution < 1.29 is 19.3 Å². The number of aliphatic carboxylic acids is 1. The second-order valence-electron chi connectivity index (χ2n) is 6.85. The highest BCUT2D eigenvalue weighted by molar-refractivity contribution is 8.01. The van der Waals surface area contributed by atoms with Gasteiger partial charge in [-0.05, 0) is 22.9 Å². The molecule has 4 rings (SSSR count). The van der Waals surface area contributed by atoms with Crippen molar-refractivity contribution in [3.05, 3.63) is 35.3 Å². The average Bonchev–Trinajstić information content (AvgIpc) is 3.09. The number of amides is 1. The van der Waals surface area contributed by atoms with E-state index in [1.807, 2.05) is 37.0 Å². The average molecular weight is 434 g/mol. The predicted octanol–water partition coefficient (Wildman–Crippen LogP) is -1.17. The summed E-state index contributed by atoms with van der Waals surface area (Å²) >= 11 is 2.87. The first kappa shape index (κ1) is 19.7. The van der Waals surface area contributed by atoms with Crippen molar-refractivity contribution in [3.63, 3.8) is 0 Å². The zero-order valence-electron chi connectivity index (χ0n) is 16.0. The van der Waals surface area contributed by atoms with Gasteiger partial charge in [0.05, 0.1) is 11.7 Å². The molecule has 0 aromatic carbocycles. The fraction of sp³-hybridized carbons (Fsp3) is 0.412. The second kappa shape index (κ2) is 7.67. The molecule has 2 aliphatic rings. The van der Waals surface area contributed by atoms with Gasteiger partial charge < -0.3 is 15.2 Å². The predicted molar refractivity (Wildman–Crippen MR) is 104 cm³/mol. The minimum Gasteiger partial charge on any atom is -0.543 e. The molecule has 29 heavy (non-hydrogen) atoms. The number of β-lactam (4-membered cyclic amide) rings is 1. The molecule has 0 saturated carbocycles. The smallest absolute Gasteiger partial charge is 0.253 e. The molecular formula is C17H19N7O3S2. The maximum Gasteiger partial charge on any atom is 0.253 e. The fourth-order valence-corrected chi connectivity index (χ4v) is 5.68. The highest BCUT2D eigenvalue weighted by Gasteiger charge is 2.52. The number of carbonyl (C=O) groups is 2. The van der Waals surface area contributed by atoms with Gasteiger partial charge in [0.15, 0.2) is 12.4 Å². The van der Waals surface area contributed by atoms with Gasteiger partial charge in [-0.2, -0.15) is 0 Å². The lowest BCUT2D eigenvalue weighted by atomic mass is 10.0. The van der Waals surface area contributed by atoms with E-state index in [2.05, 4.69) is 20.8 Å². The Labute approximate surface area is 175 Å². The van der Waals surface area contributed by atoms with E-state index in [0.29, 0.717) is 22.2 Å². The summed E-state index contributed by atoms with van der Waals surface area (Å²) in [6.45, 7) is 1.96. The number of rotatable bonds is 6. The molecule has 0 aliphatic carbocycles. The normalized spacial score (nSPS) is 21.1. The van der Waals surface area contributed by atoms with Crippen molar-refractivity contribution >= 4 is 41.1 Å². The molecule has 1 N–H and O–H groups in total. The number of nitrogens with one attached hydrogen (secondary N) is 1. The third-order valence-corrected chi connectivity index (χ3v) is 7.24. The number of nitrogens with zero attached hydrogens (tertiary/aromatic N) is 6. The minimum absolute atomic E-state index is 0.0318. The molecule has 2 aromatic rings. The number of carboxylic acid groups (broad SMARTS) is 1. The molecule has 0 radical (unpaired) electrons. The van der Waals surface area contributed by atoms with Crippen LogP contribution >= 0.6 is 23.5 Å². The number of thioether (sulfide) groups is 2. The van der Waals surface area contributed by atoms with Crippen LogP contribution in [0.15, 0.2) is 34.9 Å². The Morgan fingerprint density at radius 2 is 2.31 bits per heavy atom. The van der Waals surface area contributed by atoms with E-state index in [1.54, 1.807) is 18.8 Å². The summed E-state index contributed by atoms with van der Waals surface area (Å²) in [7, 11) is 3.64. The summed E-state index contributed by atoms with van der Waals surface area (Å²) < 4.78 is 3.44. The van der Waals surface area contributed by atoms with Gasteiger partial charge in [0.2, 0.25) is 5.16 Å². The van der Waals surface area contributed by atoms with E-state index in [-0.39, 0.29) is 17.0 Å². The van der Waals surface area contributed by atoms with Crippen LogP contribution in [0.25, 0.3) is 0 Å². The summed E-state index contributed by atoms with van der Waals surface area (Å²) in [5.41, 5.74) is 2.47. The molecule has 12 heteroatoms. The number of tetrazole rings is 1. The van der Waals surface area contributed by atoms with Crippen molar-refractivity contribution in [2.75, 3.05) is 16.8 Å². The molecule has 2 aliphatic heterocycles. The molecule has 2 atom stereocenters. The van der Waals surface area contributed by atoms with Crippen LogP contribution in [-0.2, 0) is 23.7 Å². The second-order valence-corrected chi connectivity index (χ2v) is 8.90. The van der Waals surface area contributed by atoms with Crippen LogP contribution in [0.3, 0.4) is 0 Å². The Morgan fingerprint density at radius 3 is 2.97 bits per heavy atom. The van der Waals surface area contributed by atoms with E-state index < -0.39 is 12.0 Å². The van der Waals surface area contributed by atoms with E-state index >= 15 is 0 Å². The Kier molecular flexibility index (Phi) is 5.21. The van der Waals surface area contributed by atoms with Gasteiger partial charge in [0.25, 0.3) is 5.91 Å². The van der Waals surface area contributed by atoms with Crippen molar-refractivity contribution in [2.24, 2.45) is 14.1 Å². The van der Waals surface area contributed by atoms with Gasteiger partial charge in [-0.25, -0.2) is 9.25 Å². The quantitative estimate of drug-likeness (QED) is 0.341. The summed E-state index contributed by atoms with van der Waals surface area (Å²) in [5, 5.41) is 26.6. The van der Waals surface area contributed by atoms with Crippen LogP contribution in [0.1, 0.15) is 5.56 Å². The van der Waals surface area contributed by atoms with Crippen molar-refractivity contribution in [3.8, 4) is 0 Å². The minimum atomic E-state index is -1.34. The molecule has 0 bridgehead atoms. The lowest BCUT2D eigenvalue weighted by Gasteiger charge is -2.51. The molecule has 0 unspecified atom stereocenters. The van der Waals surface area contributed by atoms with Crippen LogP contribution in [-0.4, -0.2) is 59.9 Å². The zero-order chi connectivity index (χ0) is 20.7. The van der Waals surface area contributed by atoms with Crippen LogP contribution < -0.4 is 15.0 Å². The summed E-state index contributed by atoms with van der Waals surface area (Å²) in [5.74, 6) is -0.738. The third kappa shape index (κ3) is 3.57. The first-order valence-electron chi connectivity index (χ1n) is 8.82. The Balaban J connectivity index is 1.52. The molecular weight excluding hydrogens is 414 g/mol. The largest absolute Gasteiger partial charge is 0.543 e. The van der Waals surface area contributed by atoms with Gasteiger partial charge >= 0.3 is 0 Å². The van der Waals surface area contributed by atoms with E-state index in [0.717, 1.165) is 11.3 Å². The fourth-order valence-electron chi connectivity index (χ4n) is 3.35. The van der Waals surface area contributed by atoms with Gasteiger partial charge in [0, 0.05) is 35.9 Å². The van der Waals surface area contributed by atoms with Gasteiger partial charge in [0.1, 0.15) is 18.5 Å². The standard InChI is InChI=1S/C17H19N7O3S2/c1-9-6-22(2)5-4-11(9)18-12-14(25)24-13(16(26)27)10(7-28-15(12)24)8-29-17-19-20-21-23(17)3/h4-6,12,15H,7-8H2,1-3H3,(H,26,27)/t12-,15-/m1/s1. The Hall–Kier alpha value is -2.60. The molecule has 152 valence electrons. The van der Waals surface area contributed by atoms with Crippen molar-refractivity contribution in [1.29, 1.82) is 0 Å². The molecule has 2 aromatic heterocycles. The summed E-state index contributed by atoms with van der Waals surface area (Å²) in [4.78, 5) is 26.0. The van der Waals surface area contributed by atoms with Crippen LogP contribution in [0, 0.1) is 6.92 Å². The molecule has 10 nitrogen and oxygen atoms in total. The third-order valence-electron chi connectivity index (χ3n) is 4.81. The lowest BCUT2D eigenvalue weighted by Crippen LogP contribution is -2.68. The van der Waals surface area contributed by atoms with E-state index in [9.17, 15) is 14.7 Å². The van der Waals surface area contributed by atoms with Crippen molar-refractivity contribution in [1.82, 2.24) is 25.1 Å². The highest BCUT2D eigenvalue weighted by Crippen LogP contribution is 2.42. The number of anilines is 1. The first-order chi connectivity index (χ1) is 13.9. The number of carboxylic acids is 1. The SMILES string of the molecule is Cc1c[n+](C)ccc1N[C@@H]1C(=O)N2C(C(=O)[O-])=C(CSc3nnnn3C)CS[C@H]12. The van der Waals surface area contributed by atoms with E-state index in [4.69, 9.17) is 0 Å². The number of hydrogen-bond acceptors (Lipinski definition) is 9. The number of pyridine rings is 1. The zero-order valence-corrected chi connectivity index (χ0v) is 17.7. The number of aromatic nitrogens is 5. The Bertz CT molecular complexity index is 1020. The summed E-state index contributed by atoms with van der Waals surface area (Å²) in [6.07, 6.45) is 3.85. The molecule has 0 spiro atoms. The lowest BCUT2D eigenvalue weighted by molar-refractivity contribution is -0.671. The van der Waals surface area contributed by atoms with Gasteiger partial charge in [-0.1, -0.05) is 11.8 Å². The number of aryl methyl sites for hydroxylation is 3. The monoisotopic (exact) mass is 433 g/mol. The van der Waals surface area contributed by atoms with Crippen LogP contribution in [0.4, 0.5) is 5.69 Å².